The lowest BCUT2D eigenvalue weighted by atomic mass is 10.2. The molecule has 6 nitrogen and oxygen atoms in total. The summed E-state index contributed by atoms with van der Waals surface area (Å²) >= 11 is 0. The molecule has 27 heavy (non-hydrogen) atoms. The maximum Gasteiger partial charge on any atom is 0.320 e. The van der Waals surface area contributed by atoms with Crippen LogP contribution < -0.4 is 15.4 Å². The van der Waals surface area contributed by atoms with E-state index < -0.39 is 11.6 Å². The maximum atomic E-state index is 13.7. The van der Waals surface area contributed by atoms with E-state index >= 15 is 0 Å². The van der Waals surface area contributed by atoms with Crippen molar-refractivity contribution in [2.45, 2.75) is 26.4 Å². The Balaban J connectivity index is 1.67. The van der Waals surface area contributed by atoms with E-state index in [9.17, 15) is 13.6 Å². The number of amides is 2. The van der Waals surface area contributed by atoms with Gasteiger partial charge < -0.3 is 10.1 Å². The fourth-order valence-electron chi connectivity index (χ4n) is 2.54. The van der Waals surface area contributed by atoms with Gasteiger partial charge in [-0.1, -0.05) is 19.4 Å². The summed E-state index contributed by atoms with van der Waals surface area (Å²) in [5, 5.41) is 13.0. The van der Waals surface area contributed by atoms with Crippen molar-refractivity contribution in [1.82, 2.24) is 15.5 Å². The van der Waals surface area contributed by atoms with Crippen molar-refractivity contribution in [3.8, 4) is 5.75 Å². The molecular weight excluding hydrogens is 354 g/mol. The highest BCUT2D eigenvalue weighted by molar-refractivity contribution is 5.99. The second-order valence-corrected chi connectivity index (χ2v) is 6.00. The summed E-state index contributed by atoms with van der Waals surface area (Å²) in [6.45, 7) is 2.40. The number of nitrogens with zero attached hydrogens (tertiary/aromatic N) is 1. The Morgan fingerprint density at radius 3 is 2.74 bits per heavy atom. The molecule has 3 N–H and O–H groups in total. The van der Waals surface area contributed by atoms with Crippen LogP contribution >= 0.6 is 0 Å². The Labute approximate surface area is 154 Å². The number of H-pyrrole nitrogens is 1. The lowest BCUT2D eigenvalue weighted by Gasteiger charge is -2.08. The van der Waals surface area contributed by atoms with E-state index in [1.165, 1.54) is 18.2 Å². The lowest BCUT2D eigenvalue weighted by molar-refractivity contribution is 0.252. The number of hydrogen-bond acceptors (Lipinski definition) is 3. The van der Waals surface area contributed by atoms with Crippen molar-refractivity contribution in [1.29, 1.82) is 0 Å². The fourth-order valence-corrected chi connectivity index (χ4v) is 2.54. The van der Waals surface area contributed by atoms with Crippen LogP contribution in [0.1, 0.15) is 25.3 Å². The number of urea groups is 1. The van der Waals surface area contributed by atoms with Gasteiger partial charge in [0, 0.05) is 18.0 Å². The molecule has 1 aromatic heterocycles. The molecule has 0 aliphatic heterocycles. The number of hydrogen-bond donors (Lipinski definition) is 3. The molecule has 0 fully saturated rings. The van der Waals surface area contributed by atoms with Gasteiger partial charge in [0.15, 0.2) is 5.82 Å². The zero-order valence-electron chi connectivity index (χ0n) is 14.8. The van der Waals surface area contributed by atoms with E-state index in [1.54, 1.807) is 18.2 Å². The van der Waals surface area contributed by atoms with Crippen molar-refractivity contribution < 1.29 is 18.3 Å². The monoisotopic (exact) mass is 374 g/mol. The predicted octanol–water partition coefficient (Wildman–Crippen LogP) is 4.34. The van der Waals surface area contributed by atoms with Crippen LogP contribution in [0.25, 0.3) is 10.9 Å². The van der Waals surface area contributed by atoms with Gasteiger partial charge in [0.2, 0.25) is 0 Å². The SMILES string of the molecule is CCCCNC(=O)Nc1n[nH]c2cc(OCc3c(F)cccc3F)ccc12. The first-order valence-corrected chi connectivity index (χ1v) is 8.67. The van der Waals surface area contributed by atoms with Gasteiger partial charge in [-0.15, -0.1) is 0 Å². The minimum absolute atomic E-state index is 0.131. The highest BCUT2D eigenvalue weighted by atomic mass is 19.1. The van der Waals surface area contributed by atoms with Gasteiger partial charge in [0.1, 0.15) is 24.0 Å². The van der Waals surface area contributed by atoms with Gasteiger partial charge in [0.25, 0.3) is 0 Å². The molecule has 0 atom stereocenters. The molecule has 0 aliphatic carbocycles. The zero-order valence-corrected chi connectivity index (χ0v) is 14.8. The number of aromatic nitrogens is 2. The topological polar surface area (TPSA) is 79.0 Å². The van der Waals surface area contributed by atoms with Crippen LogP contribution in [0, 0.1) is 11.6 Å². The first-order chi connectivity index (χ1) is 13.1. The summed E-state index contributed by atoms with van der Waals surface area (Å²) in [5.41, 5.74) is 0.499. The quantitative estimate of drug-likeness (QED) is 0.538. The van der Waals surface area contributed by atoms with Gasteiger partial charge in [-0.2, -0.15) is 5.10 Å². The predicted molar refractivity (Wildman–Crippen MR) is 98.7 cm³/mol. The number of carbonyl (C=O) groups is 1. The second-order valence-electron chi connectivity index (χ2n) is 6.00. The highest BCUT2D eigenvalue weighted by Crippen LogP contribution is 2.25. The largest absolute Gasteiger partial charge is 0.489 e. The number of aromatic amines is 1. The minimum Gasteiger partial charge on any atom is -0.489 e. The third-order valence-corrected chi connectivity index (χ3v) is 4.03. The van der Waals surface area contributed by atoms with Gasteiger partial charge in [0.05, 0.1) is 11.1 Å². The standard InChI is InChI=1S/C19H20F2N4O2/c1-2-3-9-22-19(26)23-18-13-8-7-12(10-17(13)24-25-18)27-11-14-15(20)5-4-6-16(14)21/h4-8,10H,2-3,9,11H2,1H3,(H3,22,23,24,25,26). The van der Waals surface area contributed by atoms with Crippen molar-refractivity contribution in [3.63, 3.8) is 0 Å². The van der Waals surface area contributed by atoms with Gasteiger partial charge >= 0.3 is 6.03 Å². The molecule has 142 valence electrons. The molecule has 0 radical (unpaired) electrons. The Morgan fingerprint density at radius 1 is 1.22 bits per heavy atom. The van der Waals surface area contributed by atoms with Crippen molar-refractivity contribution >= 4 is 22.8 Å². The maximum absolute atomic E-state index is 13.7. The first-order valence-electron chi connectivity index (χ1n) is 8.67. The number of ether oxygens (including phenoxy) is 1. The van der Waals surface area contributed by atoms with Gasteiger partial charge in [-0.25, -0.2) is 13.6 Å². The van der Waals surface area contributed by atoms with Crippen LogP contribution in [0.5, 0.6) is 5.75 Å². The van der Waals surface area contributed by atoms with Crippen LogP contribution in [0.15, 0.2) is 36.4 Å². The fraction of sp³-hybridized carbons (Fsp3) is 0.263. The van der Waals surface area contributed by atoms with E-state index in [0.29, 0.717) is 29.0 Å². The van der Waals surface area contributed by atoms with E-state index in [1.807, 2.05) is 6.92 Å². The molecule has 0 aliphatic rings. The molecule has 0 bridgehead atoms. The van der Waals surface area contributed by atoms with E-state index in [2.05, 4.69) is 20.8 Å². The third kappa shape index (κ3) is 4.52. The number of halogens is 2. The van der Waals surface area contributed by atoms with E-state index in [-0.39, 0.29) is 18.2 Å². The number of rotatable bonds is 7. The van der Waals surface area contributed by atoms with Crippen LogP contribution in [0.4, 0.5) is 19.4 Å². The molecule has 1 heterocycles. The van der Waals surface area contributed by atoms with Gasteiger partial charge in [-0.05, 0) is 30.7 Å². The summed E-state index contributed by atoms with van der Waals surface area (Å²) in [4.78, 5) is 11.8. The molecule has 0 saturated carbocycles. The zero-order chi connectivity index (χ0) is 19.2. The minimum atomic E-state index is -0.654. The second kappa shape index (κ2) is 8.48. The third-order valence-electron chi connectivity index (χ3n) is 4.03. The van der Waals surface area contributed by atoms with Crippen LogP contribution in [0.2, 0.25) is 0 Å². The molecule has 2 amide bonds. The number of nitrogens with one attached hydrogen (secondary N) is 3. The normalized spacial score (nSPS) is 10.8. The smallest absolute Gasteiger partial charge is 0.320 e. The van der Waals surface area contributed by atoms with Crippen molar-refractivity contribution in [3.05, 3.63) is 53.6 Å². The number of carbonyl (C=O) groups excluding carboxylic acids is 1. The average Bonchev–Trinajstić information content (AvgIpc) is 3.03. The summed E-state index contributed by atoms with van der Waals surface area (Å²) in [5.74, 6) is -0.491. The first kappa shape index (κ1) is 18.6. The molecular formula is C19H20F2N4O2. The lowest BCUT2D eigenvalue weighted by Crippen LogP contribution is -2.29. The molecule has 0 unspecified atom stereocenters. The Hall–Kier alpha value is -3.16. The Bertz CT molecular complexity index is 922. The van der Waals surface area contributed by atoms with Crippen LogP contribution in [-0.2, 0) is 6.61 Å². The molecule has 3 rings (SSSR count). The van der Waals surface area contributed by atoms with Gasteiger partial charge in [-0.3, -0.25) is 10.4 Å². The molecule has 0 saturated heterocycles. The van der Waals surface area contributed by atoms with Crippen LogP contribution in [-0.4, -0.2) is 22.8 Å². The van der Waals surface area contributed by atoms with E-state index in [0.717, 1.165) is 12.8 Å². The summed E-state index contributed by atoms with van der Waals surface area (Å²) in [7, 11) is 0. The average molecular weight is 374 g/mol. The molecule has 8 heteroatoms. The highest BCUT2D eigenvalue weighted by Gasteiger charge is 2.12. The van der Waals surface area contributed by atoms with Crippen molar-refractivity contribution in [2.75, 3.05) is 11.9 Å². The summed E-state index contributed by atoms with van der Waals surface area (Å²) < 4.78 is 32.8. The molecule has 3 aromatic rings. The summed E-state index contributed by atoms with van der Waals surface area (Å²) in [6.07, 6.45) is 1.89. The van der Waals surface area contributed by atoms with Crippen molar-refractivity contribution in [2.24, 2.45) is 0 Å². The number of fused-ring (bicyclic) bond motifs is 1. The Morgan fingerprint density at radius 2 is 2.00 bits per heavy atom. The Kier molecular flexibility index (Phi) is 5.85. The van der Waals surface area contributed by atoms with E-state index in [4.69, 9.17) is 4.74 Å². The number of benzene rings is 2. The number of unbranched alkanes of at least 4 members (excludes halogenated alkanes) is 1. The number of anilines is 1. The summed E-state index contributed by atoms with van der Waals surface area (Å²) in [6, 6.07) is 8.36. The molecule has 2 aromatic carbocycles. The van der Waals surface area contributed by atoms with Crippen LogP contribution in [0.3, 0.4) is 0 Å². The molecule has 0 spiro atoms.